The highest BCUT2D eigenvalue weighted by molar-refractivity contribution is 8.13. The Bertz CT molecular complexity index is 435. The number of rotatable bonds is 6. The number of hydrogen-bond donors (Lipinski definition) is 1. The van der Waals surface area contributed by atoms with E-state index in [1.54, 1.807) is 6.92 Å². The third-order valence-electron chi connectivity index (χ3n) is 2.24. The van der Waals surface area contributed by atoms with Gasteiger partial charge in [-0.15, -0.1) is 0 Å². The molecule has 0 aliphatic rings. The third kappa shape index (κ3) is 6.25. The van der Waals surface area contributed by atoms with Crippen molar-refractivity contribution < 1.29 is 14.7 Å². The van der Waals surface area contributed by atoms with Crippen LogP contribution in [0.25, 0.3) is 6.08 Å². The van der Waals surface area contributed by atoms with Gasteiger partial charge in [-0.2, -0.15) is 0 Å². The summed E-state index contributed by atoms with van der Waals surface area (Å²) in [4.78, 5) is 21.2. The third-order valence-corrected chi connectivity index (χ3v) is 3.08. The van der Waals surface area contributed by atoms with Crippen LogP contribution in [0.3, 0.4) is 0 Å². The zero-order valence-corrected chi connectivity index (χ0v) is 11.1. The van der Waals surface area contributed by atoms with E-state index in [1.807, 2.05) is 36.4 Å². The normalized spacial score (nSPS) is 10.7. The molecule has 1 aromatic carbocycles. The quantitative estimate of drug-likeness (QED) is 0.802. The maximum atomic E-state index is 10.7. The second-order valence-corrected chi connectivity index (χ2v) is 5.12. The summed E-state index contributed by atoms with van der Waals surface area (Å²) in [5.74, 6) is -0.0253. The molecule has 18 heavy (non-hydrogen) atoms. The zero-order valence-electron chi connectivity index (χ0n) is 10.3. The van der Waals surface area contributed by atoms with Gasteiger partial charge in [0, 0.05) is 12.7 Å². The molecule has 0 saturated heterocycles. The van der Waals surface area contributed by atoms with Gasteiger partial charge in [0.15, 0.2) is 5.12 Å². The van der Waals surface area contributed by atoms with Gasteiger partial charge in [0.2, 0.25) is 0 Å². The molecule has 3 nitrogen and oxygen atoms in total. The molecule has 0 aliphatic heterocycles. The lowest BCUT2D eigenvalue weighted by molar-refractivity contribution is -0.136. The Labute approximate surface area is 111 Å². The molecule has 0 amide bonds. The molecule has 0 aromatic heterocycles. The van der Waals surface area contributed by atoms with E-state index in [2.05, 4.69) is 0 Å². The molecular weight excluding hydrogens is 248 g/mol. The SMILES string of the molecule is CC(=O)SCCC=Cc1ccc(CC(=O)O)cc1. The van der Waals surface area contributed by atoms with Crippen LogP contribution in [0.4, 0.5) is 0 Å². The monoisotopic (exact) mass is 264 g/mol. The van der Waals surface area contributed by atoms with Gasteiger partial charge in [0.05, 0.1) is 6.42 Å². The lowest BCUT2D eigenvalue weighted by Crippen LogP contribution is -1.99. The van der Waals surface area contributed by atoms with Crippen LogP contribution >= 0.6 is 11.8 Å². The Kier molecular flexibility index (Phi) is 6.22. The van der Waals surface area contributed by atoms with E-state index >= 15 is 0 Å². The van der Waals surface area contributed by atoms with Gasteiger partial charge in [0.1, 0.15) is 0 Å². The number of carboxylic acids is 1. The average Bonchev–Trinajstić information content (AvgIpc) is 2.30. The molecule has 96 valence electrons. The summed E-state index contributed by atoms with van der Waals surface area (Å²) < 4.78 is 0. The van der Waals surface area contributed by atoms with Crippen LogP contribution in [0.15, 0.2) is 30.3 Å². The number of carbonyl (C=O) groups is 2. The molecule has 4 heteroatoms. The van der Waals surface area contributed by atoms with Gasteiger partial charge < -0.3 is 5.11 Å². The Morgan fingerprint density at radius 2 is 1.94 bits per heavy atom. The fourth-order valence-electron chi connectivity index (χ4n) is 1.41. The summed E-state index contributed by atoms with van der Waals surface area (Å²) >= 11 is 1.32. The maximum Gasteiger partial charge on any atom is 0.307 e. The number of thioether (sulfide) groups is 1. The summed E-state index contributed by atoms with van der Waals surface area (Å²) in [6, 6.07) is 7.43. The number of benzene rings is 1. The number of carbonyl (C=O) groups excluding carboxylic acids is 1. The predicted octanol–water partition coefficient (Wildman–Crippen LogP) is 3.00. The number of aliphatic carboxylic acids is 1. The van der Waals surface area contributed by atoms with Gasteiger partial charge in [-0.1, -0.05) is 48.2 Å². The van der Waals surface area contributed by atoms with Crippen LogP contribution in [0.5, 0.6) is 0 Å². The summed E-state index contributed by atoms with van der Waals surface area (Å²) in [6.07, 6.45) is 4.90. The van der Waals surface area contributed by atoms with Gasteiger partial charge >= 0.3 is 5.97 Å². The molecule has 0 unspecified atom stereocenters. The summed E-state index contributed by atoms with van der Waals surface area (Å²) in [6.45, 7) is 1.57. The Morgan fingerprint density at radius 3 is 2.50 bits per heavy atom. The van der Waals surface area contributed by atoms with Gasteiger partial charge in [-0.3, -0.25) is 9.59 Å². The highest BCUT2D eigenvalue weighted by Crippen LogP contribution is 2.09. The minimum absolute atomic E-state index is 0.0548. The van der Waals surface area contributed by atoms with E-state index in [1.165, 1.54) is 11.8 Å². The van der Waals surface area contributed by atoms with Crippen molar-refractivity contribution in [2.24, 2.45) is 0 Å². The van der Waals surface area contributed by atoms with Crippen LogP contribution < -0.4 is 0 Å². The molecule has 0 heterocycles. The Hall–Kier alpha value is -1.55. The van der Waals surface area contributed by atoms with Gasteiger partial charge in [-0.25, -0.2) is 0 Å². The van der Waals surface area contributed by atoms with E-state index in [9.17, 15) is 9.59 Å². The van der Waals surface area contributed by atoms with Crippen molar-refractivity contribution in [3.8, 4) is 0 Å². The molecule has 0 radical (unpaired) electrons. The highest BCUT2D eigenvalue weighted by Gasteiger charge is 1.98. The minimum Gasteiger partial charge on any atom is -0.481 e. The van der Waals surface area contributed by atoms with Crippen molar-refractivity contribution in [2.45, 2.75) is 19.8 Å². The standard InChI is InChI=1S/C14H16O3S/c1-11(15)18-9-3-2-4-12-5-7-13(8-6-12)10-14(16)17/h2,4-8H,3,9-10H2,1H3,(H,16,17). The summed E-state index contributed by atoms with van der Waals surface area (Å²) in [5, 5.41) is 8.78. The molecular formula is C14H16O3S. The lowest BCUT2D eigenvalue weighted by Gasteiger charge is -1.98. The first-order chi connectivity index (χ1) is 8.58. The summed E-state index contributed by atoms with van der Waals surface area (Å²) in [7, 11) is 0. The second-order valence-electron chi connectivity index (χ2n) is 3.84. The fourth-order valence-corrected chi connectivity index (χ4v) is 1.95. The van der Waals surface area contributed by atoms with E-state index in [-0.39, 0.29) is 11.5 Å². The molecule has 0 fully saturated rings. The molecule has 1 N–H and O–H groups in total. The van der Waals surface area contributed by atoms with E-state index in [0.29, 0.717) is 0 Å². The number of hydrogen-bond acceptors (Lipinski definition) is 3. The van der Waals surface area contributed by atoms with Crippen LogP contribution in [0.1, 0.15) is 24.5 Å². The van der Waals surface area contributed by atoms with Crippen molar-refractivity contribution in [1.82, 2.24) is 0 Å². The van der Waals surface area contributed by atoms with Crippen LogP contribution in [-0.4, -0.2) is 21.9 Å². The van der Waals surface area contributed by atoms with Crippen molar-refractivity contribution in [3.63, 3.8) is 0 Å². The molecule has 0 saturated carbocycles. The predicted molar refractivity (Wildman–Crippen MR) is 74.6 cm³/mol. The smallest absolute Gasteiger partial charge is 0.307 e. The first-order valence-corrected chi connectivity index (χ1v) is 6.67. The molecule has 0 spiro atoms. The largest absolute Gasteiger partial charge is 0.481 e. The molecule has 0 atom stereocenters. The van der Waals surface area contributed by atoms with Crippen molar-refractivity contribution in [1.29, 1.82) is 0 Å². The minimum atomic E-state index is -0.820. The Morgan fingerprint density at radius 1 is 1.28 bits per heavy atom. The molecule has 0 aliphatic carbocycles. The molecule has 1 aromatic rings. The van der Waals surface area contributed by atoms with Gasteiger partial charge in [0.25, 0.3) is 0 Å². The van der Waals surface area contributed by atoms with E-state index in [4.69, 9.17) is 5.11 Å². The van der Waals surface area contributed by atoms with Crippen LogP contribution in [0, 0.1) is 0 Å². The molecule has 0 bridgehead atoms. The van der Waals surface area contributed by atoms with E-state index < -0.39 is 5.97 Å². The van der Waals surface area contributed by atoms with Gasteiger partial charge in [-0.05, 0) is 17.5 Å². The topological polar surface area (TPSA) is 54.4 Å². The first kappa shape index (κ1) is 14.5. The zero-order chi connectivity index (χ0) is 13.4. The maximum absolute atomic E-state index is 10.7. The van der Waals surface area contributed by atoms with Crippen molar-refractivity contribution in [3.05, 3.63) is 41.5 Å². The first-order valence-electron chi connectivity index (χ1n) is 5.68. The fraction of sp³-hybridized carbons (Fsp3) is 0.286. The van der Waals surface area contributed by atoms with E-state index in [0.717, 1.165) is 23.3 Å². The lowest BCUT2D eigenvalue weighted by atomic mass is 10.1. The van der Waals surface area contributed by atoms with Crippen molar-refractivity contribution >= 4 is 28.9 Å². The van der Waals surface area contributed by atoms with Crippen molar-refractivity contribution in [2.75, 3.05) is 5.75 Å². The van der Waals surface area contributed by atoms with Crippen LogP contribution in [0.2, 0.25) is 0 Å². The average molecular weight is 264 g/mol. The number of carboxylic acid groups (broad SMARTS) is 1. The summed E-state index contributed by atoms with van der Waals surface area (Å²) in [5.41, 5.74) is 1.84. The molecule has 1 rings (SSSR count). The number of allylic oxidation sites excluding steroid dienone is 1. The second kappa shape index (κ2) is 7.71. The van der Waals surface area contributed by atoms with Crippen LogP contribution in [-0.2, 0) is 16.0 Å². The Balaban J connectivity index is 2.40. The highest BCUT2D eigenvalue weighted by atomic mass is 32.2.